The molecule has 4 rings (SSSR count). The maximum absolute atomic E-state index is 13.2. The highest BCUT2D eigenvalue weighted by Crippen LogP contribution is 2.44. The van der Waals surface area contributed by atoms with Gasteiger partial charge in [-0.2, -0.15) is 0 Å². The first kappa shape index (κ1) is 28.1. The van der Waals surface area contributed by atoms with Crippen LogP contribution >= 0.6 is 11.5 Å². The summed E-state index contributed by atoms with van der Waals surface area (Å²) >= 11 is 0.904. The summed E-state index contributed by atoms with van der Waals surface area (Å²) in [5, 5.41) is 12.1. The zero-order valence-electron chi connectivity index (χ0n) is 21.8. The fourth-order valence-corrected chi connectivity index (χ4v) is 5.81. The average molecular weight is 557 g/mol. The monoisotopic (exact) mass is 556 g/mol. The van der Waals surface area contributed by atoms with Crippen molar-refractivity contribution in [1.29, 1.82) is 0 Å². The van der Waals surface area contributed by atoms with Crippen molar-refractivity contribution in [3.63, 3.8) is 0 Å². The molecule has 2 aromatic heterocycles. The fraction of sp³-hybridized carbons (Fsp3) is 0.500. The summed E-state index contributed by atoms with van der Waals surface area (Å²) in [7, 11) is 1.25. The van der Waals surface area contributed by atoms with E-state index in [2.05, 4.69) is 30.3 Å². The highest BCUT2D eigenvalue weighted by atomic mass is 32.1. The molecule has 0 aliphatic heterocycles. The fourth-order valence-electron chi connectivity index (χ4n) is 5.25. The summed E-state index contributed by atoms with van der Waals surface area (Å²) in [6.07, 6.45) is 9.16. The Balaban J connectivity index is 1.41. The minimum atomic E-state index is -1.03. The molecule has 12 nitrogen and oxygen atoms in total. The van der Waals surface area contributed by atoms with E-state index in [-0.39, 0.29) is 41.9 Å². The quantitative estimate of drug-likeness (QED) is 0.278. The smallest absolute Gasteiger partial charge is 0.330 e. The van der Waals surface area contributed by atoms with Crippen molar-refractivity contribution in [3.8, 4) is 0 Å². The van der Waals surface area contributed by atoms with Crippen LogP contribution in [0.4, 0.5) is 5.69 Å². The first-order chi connectivity index (χ1) is 18.7. The lowest BCUT2D eigenvalue weighted by Crippen LogP contribution is -2.45. The Hall–Kier alpha value is -3.87. The lowest BCUT2D eigenvalue weighted by atomic mass is 9.95. The molecule has 3 N–H and O–H groups in total. The highest BCUT2D eigenvalue weighted by molar-refractivity contribution is 7.08. The van der Waals surface area contributed by atoms with Crippen LogP contribution in [-0.4, -0.2) is 57.0 Å². The maximum Gasteiger partial charge on any atom is 0.330 e. The molecule has 0 spiro atoms. The molecule has 208 valence electrons. The zero-order chi connectivity index (χ0) is 27.9. The lowest BCUT2D eigenvalue weighted by molar-refractivity contribution is -0.134. The number of carbonyl (C=O) groups excluding carboxylic acids is 4. The first-order valence-electron chi connectivity index (χ1n) is 12.9. The number of nitrogens with zero attached hydrogens (tertiary/aromatic N) is 3. The second-order valence-corrected chi connectivity index (χ2v) is 10.7. The van der Waals surface area contributed by atoms with Crippen LogP contribution in [0.5, 0.6) is 0 Å². The molecule has 2 saturated carbocycles. The third kappa shape index (κ3) is 7.16. The number of amides is 3. The molecular formula is C26H32N6O6S. The van der Waals surface area contributed by atoms with E-state index in [1.807, 2.05) is 0 Å². The van der Waals surface area contributed by atoms with Gasteiger partial charge >= 0.3 is 5.97 Å². The number of methoxy groups -OCH3 is 1. The largest absolute Gasteiger partial charge is 0.466 e. The number of allylic oxidation sites excluding steroid dienone is 1. The predicted octanol–water partition coefficient (Wildman–Crippen LogP) is 1.56. The number of hydrogen-bond donors (Lipinski definition) is 3. The molecular weight excluding hydrogens is 524 g/mol. The molecule has 4 atom stereocenters. The van der Waals surface area contributed by atoms with Crippen molar-refractivity contribution in [3.05, 3.63) is 51.4 Å². The number of aryl methyl sites for hydroxylation is 1. The van der Waals surface area contributed by atoms with Gasteiger partial charge in [0.05, 0.1) is 12.8 Å². The minimum Gasteiger partial charge on any atom is -0.466 e. The van der Waals surface area contributed by atoms with E-state index in [9.17, 15) is 24.0 Å². The van der Waals surface area contributed by atoms with E-state index >= 15 is 0 Å². The predicted molar refractivity (Wildman–Crippen MR) is 143 cm³/mol. The van der Waals surface area contributed by atoms with Gasteiger partial charge in [0.1, 0.15) is 23.2 Å². The SMILES string of the molecule is COC(=O)/C=C/CC[C@H](NC(=O)c1snnc1C)C(=O)Nc1cccn(CC(=O)N[C@@H]2C[C@H]3CC[C@@H]2C3)c1=O. The summed E-state index contributed by atoms with van der Waals surface area (Å²) in [5.41, 5.74) is -0.126. The summed E-state index contributed by atoms with van der Waals surface area (Å²) in [6.45, 7) is 1.47. The summed E-state index contributed by atoms with van der Waals surface area (Å²) in [4.78, 5) is 63.3. The summed E-state index contributed by atoms with van der Waals surface area (Å²) in [5.74, 6) is -0.730. The Morgan fingerprint density at radius 1 is 1.26 bits per heavy atom. The summed E-state index contributed by atoms with van der Waals surface area (Å²) < 4.78 is 9.55. The molecule has 2 aliphatic rings. The van der Waals surface area contributed by atoms with E-state index in [0.29, 0.717) is 17.5 Å². The van der Waals surface area contributed by atoms with Crippen LogP contribution in [0.25, 0.3) is 0 Å². The van der Waals surface area contributed by atoms with Crippen LogP contribution in [-0.2, 0) is 25.7 Å². The number of ether oxygens (including phenoxy) is 1. The molecule has 2 heterocycles. The number of pyridine rings is 1. The van der Waals surface area contributed by atoms with Crippen LogP contribution in [0, 0.1) is 18.8 Å². The van der Waals surface area contributed by atoms with Crippen LogP contribution in [0.1, 0.15) is 53.9 Å². The molecule has 13 heteroatoms. The van der Waals surface area contributed by atoms with Gasteiger partial charge in [-0.25, -0.2) is 4.79 Å². The van der Waals surface area contributed by atoms with Crippen LogP contribution in [0.3, 0.4) is 0 Å². The van der Waals surface area contributed by atoms with Crippen molar-refractivity contribution in [1.82, 2.24) is 24.8 Å². The number of carbonyl (C=O) groups is 4. The van der Waals surface area contributed by atoms with Gasteiger partial charge in [0.2, 0.25) is 11.8 Å². The van der Waals surface area contributed by atoms with Crippen molar-refractivity contribution < 1.29 is 23.9 Å². The number of esters is 1. The average Bonchev–Trinajstić information content (AvgIpc) is 3.65. The molecule has 2 fully saturated rings. The van der Waals surface area contributed by atoms with Crippen LogP contribution < -0.4 is 21.5 Å². The maximum atomic E-state index is 13.2. The standard InChI is InChI=1S/C26H32N6O6S/c1-15-23(39-31-30-15)25(36)28-18(6-3-4-8-22(34)38-2)24(35)29-19-7-5-11-32(26(19)37)14-21(33)27-20-13-16-9-10-17(20)12-16/h4-5,7-8,11,16-18,20H,3,6,9-10,12-14H2,1-2H3,(H,27,33)(H,28,36)(H,29,35)/b8-4+/t16-,17+,18-,20+/m0/s1. The molecule has 2 aliphatic carbocycles. The third-order valence-corrected chi connectivity index (χ3v) is 8.06. The van der Waals surface area contributed by atoms with E-state index in [0.717, 1.165) is 30.8 Å². The van der Waals surface area contributed by atoms with Crippen molar-refractivity contribution in [2.75, 3.05) is 12.4 Å². The van der Waals surface area contributed by atoms with Gasteiger partial charge in [-0.05, 0) is 74.5 Å². The molecule has 0 saturated heterocycles. The number of anilines is 1. The van der Waals surface area contributed by atoms with Gasteiger partial charge in [0.25, 0.3) is 11.5 Å². The highest BCUT2D eigenvalue weighted by Gasteiger charge is 2.40. The van der Waals surface area contributed by atoms with Crippen molar-refractivity contribution >= 4 is 40.9 Å². The van der Waals surface area contributed by atoms with Gasteiger partial charge in [-0.1, -0.05) is 17.0 Å². The third-order valence-electron chi connectivity index (χ3n) is 7.23. The molecule has 0 unspecified atom stereocenters. The summed E-state index contributed by atoms with van der Waals surface area (Å²) in [6, 6.07) is 2.14. The minimum absolute atomic E-state index is 0.0183. The van der Waals surface area contributed by atoms with Gasteiger partial charge in [-0.3, -0.25) is 19.2 Å². The van der Waals surface area contributed by atoms with Crippen LogP contribution in [0.2, 0.25) is 0 Å². The van der Waals surface area contributed by atoms with Gasteiger partial charge in [-0.15, -0.1) is 5.10 Å². The second-order valence-electron chi connectivity index (χ2n) is 9.91. The van der Waals surface area contributed by atoms with Gasteiger partial charge < -0.3 is 25.3 Å². The Labute approximate surface area is 229 Å². The van der Waals surface area contributed by atoms with E-state index < -0.39 is 29.4 Å². The first-order valence-corrected chi connectivity index (χ1v) is 13.7. The van der Waals surface area contributed by atoms with Crippen LogP contribution in [0.15, 0.2) is 35.3 Å². The molecule has 2 aromatic rings. The zero-order valence-corrected chi connectivity index (χ0v) is 22.7. The Kier molecular flexibility index (Phi) is 9.23. The van der Waals surface area contributed by atoms with E-state index in [1.54, 1.807) is 13.0 Å². The normalized spacial score (nSPS) is 20.5. The van der Waals surface area contributed by atoms with E-state index in [1.165, 1.54) is 42.5 Å². The molecule has 39 heavy (non-hydrogen) atoms. The topological polar surface area (TPSA) is 161 Å². The number of aromatic nitrogens is 3. The molecule has 2 bridgehead atoms. The number of fused-ring (bicyclic) bond motifs is 2. The molecule has 3 amide bonds. The lowest BCUT2D eigenvalue weighted by Gasteiger charge is -2.23. The Morgan fingerprint density at radius 3 is 2.74 bits per heavy atom. The van der Waals surface area contributed by atoms with Gasteiger partial charge in [0.15, 0.2) is 0 Å². The number of nitrogens with one attached hydrogen (secondary N) is 3. The molecule has 0 aromatic carbocycles. The van der Waals surface area contributed by atoms with Gasteiger partial charge in [0, 0.05) is 18.3 Å². The molecule has 0 radical (unpaired) electrons. The number of rotatable bonds is 11. The number of hydrogen-bond acceptors (Lipinski definition) is 9. The second kappa shape index (κ2) is 12.8. The Bertz CT molecular complexity index is 1320. The van der Waals surface area contributed by atoms with Crippen molar-refractivity contribution in [2.24, 2.45) is 11.8 Å². The van der Waals surface area contributed by atoms with Crippen molar-refractivity contribution in [2.45, 2.75) is 64.1 Å². The Morgan fingerprint density at radius 2 is 2.08 bits per heavy atom. The van der Waals surface area contributed by atoms with E-state index in [4.69, 9.17) is 0 Å².